The molecule has 0 aromatic heterocycles. The molecule has 36 heavy (non-hydrogen) atoms. The number of nitrogens with zero attached hydrogens (tertiary/aromatic N) is 2. The Balaban J connectivity index is 1.53. The summed E-state index contributed by atoms with van der Waals surface area (Å²) in [7, 11) is -7.59. The van der Waals surface area contributed by atoms with E-state index < -0.39 is 44.2 Å². The first-order chi connectivity index (χ1) is 16.8. The van der Waals surface area contributed by atoms with Crippen LogP contribution >= 0.6 is 0 Å². The summed E-state index contributed by atoms with van der Waals surface area (Å²) in [5.41, 5.74) is -1.33. The van der Waals surface area contributed by atoms with E-state index in [1.54, 1.807) is 0 Å². The molecular formula is C22H26F3N3O6S2. The minimum absolute atomic E-state index is 0.00754. The van der Waals surface area contributed by atoms with Crippen molar-refractivity contribution in [2.75, 3.05) is 43.3 Å². The van der Waals surface area contributed by atoms with E-state index >= 15 is 0 Å². The first-order valence-corrected chi connectivity index (χ1v) is 14.2. The Morgan fingerprint density at radius 2 is 1.69 bits per heavy atom. The molecule has 0 radical (unpaired) electrons. The van der Waals surface area contributed by atoms with Crippen LogP contribution in [0.3, 0.4) is 0 Å². The van der Waals surface area contributed by atoms with Crippen LogP contribution in [0.1, 0.15) is 18.4 Å². The van der Waals surface area contributed by atoms with Crippen LogP contribution < -0.4 is 14.4 Å². The second-order valence-corrected chi connectivity index (χ2v) is 11.9. The molecule has 3 rings (SSSR count). The van der Waals surface area contributed by atoms with Gasteiger partial charge in [0, 0.05) is 13.1 Å². The number of hydrogen-bond acceptors (Lipinski definition) is 6. The average Bonchev–Trinajstić information content (AvgIpc) is 3.35. The molecule has 2 aromatic rings. The summed E-state index contributed by atoms with van der Waals surface area (Å²) in [6, 6.07) is 9.53. The Hall–Kier alpha value is -2.84. The van der Waals surface area contributed by atoms with Crippen molar-refractivity contribution in [2.24, 2.45) is 0 Å². The molecular weight excluding hydrogens is 523 g/mol. The summed E-state index contributed by atoms with van der Waals surface area (Å²) in [5.74, 6) is -0.375. The second-order valence-electron chi connectivity index (χ2n) is 8.10. The summed E-state index contributed by atoms with van der Waals surface area (Å²) >= 11 is 0. The Morgan fingerprint density at radius 3 is 2.28 bits per heavy atom. The third-order valence-corrected chi connectivity index (χ3v) is 8.42. The van der Waals surface area contributed by atoms with E-state index in [0.29, 0.717) is 29.2 Å². The van der Waals surface area contributed by atoms with Crippen LogP contribution in [0.2, 0.25) is 0 Å². The van der Waals surface area contributed by atoms with E-state index in [4.69, 9.17) is 4.74 Å². The van der Waals surface area contributed by atoms with Crippen molar-refractivity contribution in [3.63, 3.8) is 0 Å². The van der Waals surface area contributed by atoms with Crippen LogP contribution in [0.5, 0.6) is 5.75 Å². The van der Waals surface area contributed by atoms with Gasteiger partial charge in [-0.05, 0) is 55.3 Å². The number of amides is 1. The number of carbonyl (C=O) groups excluding carboxylic acids is 1. The predicted molar refractivity (Wildman–Crippen MR) is 127 cm³/mol. The highest BCUT2D eigenvalue weighted by molar-refractivity contribution is 7.92. The molecule has 0 unspecified atom stereocenters. The average molecular weight is 550 g/mol. The number of rotatable bonds is 10. The van der Waals surface area contributed by atoms with Crippen molar-refractivity contribution in [1.82, 2.24) is 9.62 Å². The number of halogens is 3. The van der Waals surface area contributed by atoms with Crippen molar-refractivity contribution in [2.45, 2.75) is 23.9 Å². The Bertz CT molecular complexity index is 1280. The molecule has 2 aromatic carbocycles. The van der Waals surface area contributed by atoms with E-state index in [1.807, 2.05) is 0 Å². The highest BCUT2D eigenvalue weighted by Crippen LogP contribution is 2.32. The topological polar surface area (TPSA) is 113 Å². The Labute approximate surface area is 207 Å². The zero-order valence-corrected chi connectivity index (χ0v) is 21.0. The van der Waals surface area contributed by atoms with Crippen LogP contribution in [0.25, 0.3) is 0 Å². The van der Waals surface area contributed by atoms with Gasteiger partial charge < -0.3 is 10.1 Å². The fraction of sp³-hybridized carbons (Fsp3) is 0.409. The molecule has 1 saturated heterocycles. The Morgan fingerprint density at radius 1 is 1.06 bits per heavy atom. The SMILES string of the molecule is CS(=O)(=O)N(CC(=O)NCCOc1ccc(S(=O)(=O)N2CCCC2)cc1)c1cccc(C(F)(F)F)c1. The number of carbonyl (C=O) groups is 1. The zero-order valence-electron chi connectivity index (χ0n) is 19.4. The summed E-state index contributed by atoms with van der Waals surface area (Å²) in [6.45, 7) is 0.234. The van der Waals surface area contributed by atoms with Gasteiger partial charge in [-0.1, -0.05) is 6.07 Å². The van der Waals surface area contributed by atoms with Gasteiger partial charge in [-0.2, -0.15) is 17.5 Å². The molecule has 0 aliphatic carbocycles. The third-order valence-electron chi connectivity index (χ3n) is 5.37. The quantitative estimate of drug-likeness (QED) is 0.456. The van der Waals surface area contributed by atoms with E-state index in [-0.39, 0.29) is 23.7 Å². The van der Waals surface area contributed by atoms with Crippen LogP contribution in [0, 0.1) is 0 Å². The molecule has 1 fully saturated rings. The largest absolute Gasteiger partial charge is 0.492 e. The molecule has 0 spiro atoms. The normalized spacial score (nSPS) is 15.0. The molecule has 1 amide bonds. The fourth-order valence-corrected chi connectivity index (χ4v) is 5.93. The molecule has 9 nitrogen and oxygen atoms in total. The molecule has 1 aliphatic heterocycles. The minimum atomic E-state index is -4.67. The van der Waals surface area contributed by atoms with Gasteiger partial charge in [0.25, 0.3) is 0 Å². The number of nitrogens with one attached hydrogen (secondary N) is 1. The number of alkyl halides is 3. The van der Waals surface area contributed by atoms with Crippen LogP contribution in [-0.2, 0) is 31.0 Å². The minimum Gasteiger partial charge on any atom is -0.492 e. The smallest absolute Gasteiger partial charge is 0.416 e. The molecule has 14 heteroatoms. The van der Waals surface area contributed by atoms with Gasteiger partial charge in [-0.3, -0.25) is 9.10 Å². The van der Waals surface area contributed by atoms with E-state index in [0.717, 1.165) is 31.2 Å². The van der Waals surface area contributed by atoms with Gasteiger partial charge in [-0.25, -0.2) is 16.8 Å². The van der Waals surface area contributed by atoms with Gasteiger partial charge in [-0.15, -0.1) is 0 Å². The van der Waals surface area contributed by atoms with E-state index in [1.165, 1.54) is 34.6 Å². The van der Waals surface area contributed by atoms with Gasteiger partial charge in [0.1, 0.15) is 18.9 Å². The lowest BCUT2D eigenvalue weighted by Crippen LogP contribution is -2.41. The molecule has 1 N–H and O–H groups in total. The number of benzene rings is 2. The van der Waals surface area contributed by atoms with Crippen molar-refractivity contribution < 1.29 is 39.5 Å². The predicted octanol–water partition coefficient (Wildman–Crippen LogP) is 2.45. The third kappa shape index (κ3) is 7.11. The molecule has 1 aliphatic rings. The lowest BCUT2D eigenvalue weighted by Gasteiger charge is -2.22. The van der Waals surface area contributed by atoms with Gasteiger partial charge >= 0.3 is 6.18 Å². The maximum absolute atomic E-state index is 13.0. The van der Waals surface area contributed by atoms with Crippen molar-refractivity contribution in [3.05, 3.63) is 54.1 Å². The van der Waals surface area contributed by atoms with Crippen LogP contribution in [0.15, 0.2) is 53.4 Å². The maximum atomic E-state index is 13.0. The summed E-state index contributed by atoms with van der Waals surface area (Å²) in [4.78, 5) is 12.4. The fourth-order valence-electron chi connectivity index (χ4n) is 3.57. The van der Waals surface area contributed by atoms with Crippen molar-refractivity contribution in [1.29, 1.82) is 0 Å². The van der Waals surface area contributed by atoms with Crippen LogP contribution in [-0.4, -0.2) is 66.1 Å². The van der Waals surface area contributed by atoms with Gasteiger partial charge in [0.15, 0.2) is 0 Å². The number of anilines is 1. The van der Waals surface area contributed by atoms with Gasteiger partial charge in [0.2, 0.25) is 26.0 Å². The number of hydrogen-bond donors (Lipinski definition) is 1. The molecule has 0 bridgehead atoms. The first-order valence-electron chi connectivity index (χ1n) is 10.9. The van der Waals surface area contributed by atoms with E-state index in [2.05, 4.69) is 5.32 Å². The molecule has 0 saturated carbocycles. The summed E-state index contributed by atoms with van der Waals surface area (Å²) < 4.78 is 95.8. The summed E-state index contributed by atoms with van der Waals surface area (Å²) in [6.07, 6.45) is -2.23. The highest BCUT2D eigenvalue weighted by atomic mass is 32.2. The summed E-state index contributed by atoms with van der Waals surface area (Å²) in [5, 5.41) is 2.45. The van der Waals surface area contributed by atoms with Gasteiger partial charge in [0.05, 0.1) is 28.9 Å². The molecule has 1 heterocycles. The Kier molecular flexibility index (Phi) is 8.52. The standard InChI is InChI=1S/C22H26F3N3O6S2/c1-35(30,31)28(18-6-4-5-17(15-18)22(23,24)25)16-21(29)26-11-14-34-19-7-9-20(10-8-19)36(32,33)27-12-2-3-13-27/h4-10,15H,2-3,11-14,16H2,1H3,(H,26,29). The zero-order chi connectivity index (χ0) is 26.6. The van der Waals surface area contributed by atoms with Crippen molar-refractivity contribution in [3.8, 4) is 5.75 Å². The second kappa shape index (κ2) is 11.0. The first kappa shape index (κ1) is 27.7. The lowest BCUT2D eigenvalue weighted by molar-refractivity contribution is -0.137. The molecule has 0 atom stereocenters. The van der Waals surface area contributed by atoms with Crippen LogP contribution in [0.4, 0.5) is 18.9 Å². The van der Waals surface area contributed by atoms with E-state index in [9.17, 15) is 34.8 Å². The molecule has 198 valence electrons. The number of sulfonamides is 2. The lowest BCUT2D eigenvalue weighted by atomic mass is 10.2. The monoisotopic (exact) mass is 549 g/mol. The maximum Gasteiger partial charge on any atom is 0.416 e. The number of ether oxygens (including phenoxy) is 1. The van der Waals surface area contributed by atoms with Crippen molar-refractivity contribution >= 4 is 31.6 Å². The highest BCUT2D eigenvalue weighted by Gasteiger charge is 2.32.